The van der Waals surface area contributed by atoms with Gasteiger partial charge in [0.1, 0.15) is 0 Å². The summed E-state index contributed by atoms with van der Waals surface area (Å²) in [5, 5.41) is 3.14. The monoisotopic (exact) mass is 270 g/mol. The third-order valence-corrected chi connectivity index (χ3v) is 3.97. The van der Waals surface area contributed by atoms with Gasteiger partial charge < -0.3 is 5.32 Å². The lowest BCUT2D eigenvalue weighted by atomic mass is 10.1. The Labute approximate surface area is 110 Å². The molecule has 0 amide bonds. The summed E-state index contributed by atoms with van der Waals surface area (Å²) >= 11 is 0. The normalized spacial score (nSPS) is 11.5. The fourth-order valence-corrected chi connectivity index (χ4v) is 2.67. The van der Waals surface area contributed by atoms with Gasteiger partial charge in [0.15, 0.2) is 0 Å². The van der Waals surface area contributed by atoms with Gasteiger partial charge in [-0.25, -0.2) is 8.42 Å². The van der Waals surface area contributed by atoms with Crippen molar-refractivity contribution in [3.05, 3.63) is 29.8 Å². The van der Waals surface area contributed by atoms with E-state index in [9.17, 15) is 8.42 Å². The number of likely N-dealkylation sites (N-methyl/N-ethyl adjacent to an activating group) is 1. The van der Waals surface area contributed by atoms with E-state index >= 15 is 0 Å². The first-order valence-corrected chi connectivity index (χ1v) is 8.11. The van der Waals surface area contributed by atoms with Crippen LogP contribution in [0.15, 0.2) is 24.3 Å². The summed E-state index contributed by atoms with van der Waals surface area (Å²) < 4.78 is 25.0. The van der Waals surface area contributed by atoms with E-state index in [4.69, 9.17) is 0 Å². The minimum atomic E-state index is -3.22. The van der Waals surface area contributed by atoms with Crippen molar-refractivity contribution < 1.29 is 8.42 Å². The number of hydrogen-bond donors (Lipinski definition) is 1. The molecule has 0 aliphatic rings. The number of anilines is 1. The highest BCUT2D eigenvalue weighted by atomic mass is 32.2. The topological polar surface area (TPSA) is 49.4 Å². The summed E-state index contributed by atoms with van der Waals surface area (Å²) in [6.07, 6.45) is 2.20. The van der Waals surface area contributed by atoms with E-state index in [-0.39, 0.29) is 0 Å². The first-order valence-electron chi connectivity index (χ1n) is 6.26. The van der Waals surface area contributed by atoms with Gasteiger partial charge in [-0.2, -0.15) is 0 Å². The number of sulfonamides is 1. The third-order valence-electron chi connectivity index (χ3n) is 2.77. The molecular formula is C13H22N2O2S. The molecule has 0 radical (unpaired) electrons. The van der Waals surface area contributed by atoms with Crippen LogP contribution in [-0.4, -0.2) is 34.3 Å². The minimum absolute atomic E-state index is 0.456. The predicted molar refractivity (Wildman–Crippen MR) is 76.6 cm³/mol. The van der Waals surface area contributed by atoms with Crippen LogP contribution in [0.25, 0.3) is 0 Å². The number of nitrogens with zero attached hydrogens (tertiary/aromatic N) is 1. The Morgan fingerprint density at radius 2 is 1.78 bits per heavy atom. The van der Waals surface area contributed by atoms with Crippen LogP contribution in [0.1, 0.15) is 19.4 Å². The van der Waals surface area contributed by atoms with Crippen LogP contribution in [0.5, 0.6) is 0 Å². The quantitative estimate of drug-likeness (QED) is 0.766. The van der Waals surface area contributed by atoms with Gasteiger partial charge in [-0.1, -0.05) is 26.0 Å². The SMILES string of the molecule is CCNCCN(c1ccc(CC)cc1)S(C)(=O)=O. The van der Waals surface area contributed by atoms with Gasteiger partial charge in [0.2, 0.25) is 10.0 Å². The van der Waals surface area contributed by atoms with Crippen molar-refractivity contribution in [2.45, 2.75) is 20.3 Å². The Hall–Kier alpha value is -1.07. The van der Waals surface area contributed by atoms with Crippen molar-refractivity contribution in [1.29, 1.82) is 0 Å². The lowest BCUT2D eigenvalue weighted by molar-refractivity contribution is 0.594. The summed E-state index contributed by atoms with van der Waals surface area (Å²) in [5.41, 5.74) is 1.94. The molecule has 0 saturated heterocycles. The summed E-state index contributed by atoms with van der Waals surface area (Å²) in [5.74, 6) is 0. The second kappa shape index (κ2) is 6.75. The van der Waals surface area contributed by atoms with E-state index in [2.05, 4.69) is 12.2 Å². The standard InChI is InChI=1S/C13H22N2O2S/c1-4-12-6-8-13(9-7-12)15(18(3,16)17)11-10-14-5-2/h6-9,14H,4-5,10-11H2,1-3H3. The molecule has 18 heavy (non-hydrogen) atoms. The molecule has 1 aromatic rings. The molecule has 102 valence electrons. The molecule has 0 bridgehead atoms. The zero-order chi connectivity index (χ0) is 13.6. The highest BCUT2D eigenvalue weighted by molar-refractivity contribution is 7.92. The van der Waals surface area contributed by atoms with E-state index in [1.54, 1.807) is 0 Å². The van der Waals surface area contributed by atoms with Gasteiger partial charge in [0.05, 0.1) is 11.9 Å². The molecule has 5 heteroatoms. The molecule has 0 aromatic heterocycles. The fraction of sp³-hybridized carbons (Fsp3) is 0.538. The molecule has 1 N–H and O–H groups in total. The molecule has 1 aromatic carbocycles. The Morgan fingerprint density at radius 3 is 2.22 bits per heavy atom. The van der Waals surface area contributed by atoms with Gasteiger partial charge in [0.25, 0.3) is 0 Å². The largest absolute Gasteiger partial charge is 0.315 e. The van der Waals surface area contributed by atoms with Gasteiger partial charge >= 0.3 is 0 Å². The molecule has 0 spiro atoms. The van der Waals surface area contributed by atoms with Crippen molar-refractivity contribution in [3.8, 4) is 0 Å². The minimum Gasteiger partial charge on any atom is -0.315 e. The average Bonchev–Trinajstić information content (AvgIpc) is 2.33. The molecule has 4 nitrogen and oxygen atoms in total. The van der Waals surface area contributed by atoms with Crippen LogP contribution in [0.3, 0.4) is 0 Å². The molecule has 0 aliphatic carbocycles. The summed E-state index contributed by atoms with van der Waals surface area (Å²) in [4.78, 5) is 0. The highest BCUT2D eigenvalue weighted by Gasteiger charge is 2.16. The van der Waals surface area contributed by atoms with E-state index in [1.807, 2.05) is 31.2 Å². The number of nitrogens with one attached hydrogen (secondary N) is 1. The molecule has 0 unspecified atom stereocenters. The van der Waals surface area contributed by atoms with Crippen LogP contribution >= 0.6 is 0 Å². The van der Waals surface area contributed by atoms with Crippen molar-refractivity contribution in [2.24, 2.45) is 0 Å². The Kier molecular flexibility index (Phi) is 5.62. The zero-order valence-electron chi connectivity index (χ0n) is 11.3. The van der Waals surface area contributed by atoms with Crippen LogP contribution in [0, 0.1) is 0 Å². The molecule has 0 saturated carbocycles. The molecule has 0 heterocycles. The van der Waals surface area contributed by atoms with Gasteiger partial charge in [-0.15, -0.1) is 0 Å². The molecule has 1 rings (SSSR count). The Bertz CT molecular complexity index is 454. The maximum Gasteiger partial charge on any atom is 0.232 e. The molecule has 0 fully saturated rings. The van der Waals surface area contributed by atoms with Crippen LogP contribution in [0.4, 0.5) is 5.69 Å². The third kappa shape index (κ3) is 4.31. The number of benzene rings is 1. The van der Waals surface area contributed by atoms with Gasteiger partial charge in [-0.05, 0) is 30.7 Å². The predicted octanol–water partition coefficient (Wildman–Crippen LogP) is 1.62. The molecule has 0 aliphatic heterocycles. The average molecular weight is 270 g/mol. The van der Waals surface area contributed by atoms with E-state index < -0.39 is 10.0 Å². The van der Waals surface area contributed by atoms with E-state index in [0.717, 1.165) is 18.7 Å². The van der Waals surface area contributed by atoms with Crippen molar-refractivity contribution in [2.75, 3.05) is 30.2 Å². The van der Waals surface area contributed by atoms with E-state index in [0.29, 0.717) is 13.1 Å². The number of hydrogen-bond acceptors (Lipinski definition) is 3. The smallest absolute Gasteiger partial charge is 0.232 e. The van der Waals surface area contributed by atoms with Gasteiger partial charge in [0, 0.05) is 13.1 Å². The Balaban J connectivity index is 2.88. The van der Waals surface area contributed by atoms with Crippen LogP contribution in [-0.2, 0) is 16.4 Å². The van der Waals surface area contributed by atoms with Gasteiger partial charge in [-0.3, -0.25) is 4.31 Å². The maximum absolute atomic E-state index is 11.8. The Morgan fingerprint density at radius 1 is 1.17 bits per heavy atom. The maximum atomic E-state index is 11.8. The molecular weight excluding hydrogens is 248 g/mol. The first-order chi connectivity index (χ1) is 8.49. The lowest BCUT2D eigenvalue weighted by Gasteiger charge is -2.22. The first kappa shape index (κ1) is 15.0. The second-order valence-electron chi connectivity index (χ2n) is 4.21. The lowest BCUT2D eigenvalue weighted by Crippen LogP contribution is -2.36. The summed E-state index contributed by atoms with van der Waals surface area (Å²) in [6, 6.07) is 7.68. The van der Waals surface area contributed by atoms with E-state index in [1.165, 1.54) is 16.1 Å². The van der Waals surface area contributed by atoms with Crippen molar-refractivity contribution in [3.63, 3.8) is 0 Å². The summed E-state index contributed by atoms with van der Waals surface area (Å²) in [6.45, 7) is 6.03. The molecule has 0 atom stereocenters. The van der Waals surface area contributed by atoms with Crippen LogP contribution < -0.4 is 9.62 Å². The summed E-state index contributed by atoms with van der Waals surface area (Å²) in [7, 11) is -3.22. The second-order valence-corrected chi connectivity index (χ2v) is 6.12. The zero-order valence-corrected chi connectivity index (χ0v) is 12.1. The highest BCUT2D eigenvalue weighted by Crippen LogP contribution is 2.18. The van der Waals surface area contributed by atoms with Crippen molar-refractivity contribution in [1.82, 2.24) is 5.32 Å². The number of rotatable bonds is 7. The number of aryl methyl sites for hydroxylation is 1. The van der Waals surface area contributed by atoms with Crippen molar-refractivity contribution >= 4 is 15.7 Å². The fourth-order valence-electron chi connectivity index (χ4n) is 1.74. The van der Waals surface area contributed by atoms with Crippen LogP contribution in [0.2, 0.25) is 0 Å².